The lowest BCUT2D eigenvalue weighted by Gasteiger charge is -2.50. The maximum Gasteiger partial charge on any atom is 0.246 e. The number of phenolic OH excluding ortho intramolecular Hbond substituents is 1. The van der Waals surface area contributed by atoms with Crippen molar-refractivity contribution in [1.29, 1.82) is 0 Å². The van der Waals surface area contributed by atoms with Gasteiger partial charge in [-0.2, -0.15) is 0 Å². The van der Waals surface area contributed by atoms with Gasteiger partial charge in [0.1, 0.15) is 17.2 Å². The molecule has 5 aromatic rings. The number of aromatic hydroxyl groups is 1. The zero-order valence-electron chi connectivity index (χ0n) is 32.0. The molecule has 4 amide bonds. The number of allylic oxidation sites excluding steroid dienone is 2. The van der Waals surface area contributed by atoms with E-state index in [0.717, 1.165) is 16.7 Å². The first-order chi connectivity index (χ1) is 28.6. The van der Waals surface area contributed by atoms with Gasteiger partial charge < -0.3 is 14.6 Å². The molecule has 2 saturated heterocycles. The molecule has 0 radical (unpaired) electrons. The molecule has 2 aliphatic heterocycles. The van der Waals surface area contributed by atoms with Crippen molar-refractivity contribution >= 4 is 70.4 Å². The number of halogens is 2. The summed E-state index contributed by atoms with van der Waals surface area (Å²) in [6.07, 6.45) is 6.11. The third-order valence-corrected chi connectivity index (χ3v) is 13.0. The number of hydrogen-bond acceptors (Lipinski definition) is 7. The van der Waals surface area contributed by atoms with Gasteiger partial charge in [0.05, 0.1) is 48.8 Å². The number of phenols is 1. The molecule has 1 saturated carbocycles. The van der Waals surface area contributed by atoms with E-state index in [-0.39, 0.29) is 30.4 Å². The Kier molecular flexibility index (Phi) is 9.69. The Hall–Kier alpha value is -6.16. The highest BCUT2D eigenvalue weighted by Gasteiger charge is 2.70. The molecule has 296 valence electrons. The summed E-state index contributed by atoms with van der Waals surface area (Å²) in [6.45, 7) is 0. The minimum Gasteiger partial charge on any atom is -0.508 e. The Bertz CT molecular complexity index is 2610. The van der Waals surface area contributed by atoms with Gasteiger partial charge in [-0.1, -0.05) is 95.5 Å². The minimum absolute atomic E-state index is 0.104. The summed E-state index contributed by atoms with van der Waals surface area (Å²) in [6, 6.07) is 33.1. The third-order valence-electron chi connectivity index (χ3n) is 12.5. The Morgan fingerprint density at radius 3 is 2.20 bits per heavy atom. The van der Waals surface area contributed by atoms with Crippen LogP contribution >= 0.6 is 23.2 Å². The van der Waals surface area contributed by atoms with E-state index >= 15 is 4.79 Å². The van der Waals surface area contributed by atoms with Crippen molar-refractivity contribution in [2.75, 3.05) is 24.0 Å². The molecule has 2 aliphatic carbocycles. The molecule has 5 aromatic carbocycles. The number of anilines is 2. The summed E-state index contributed by atoms with van der Waals surface area (Å²) >= 11 is 13.1. The van der Waals surface area contributed by atoms with Crippen molar-refractivity contribution in [3.63, 3.8) is 0 Å². The van der Waals surface area contributed by atoms with Gasteiger partial charge in [-0.25, -0.2) is 4.90 Å². The first kappa shape index (κ1) is 38.4. The fourth-order valence-corrected chi connectivity index (χ4v) is 10.4. The Morgan fingerprint density at radius 1 is 0.712 bits per heavy atom. The predicted molar refractivity (Wildman–Crippen MR) is 227 cm³/mol. The van der Waals surface area contributed by atoms with E-state index in [2.05, 4.69) is 0 Å². The maximum atomic E-state index is 15.4. The molecule has 0 bridgehead atoms. The number of fused-ring (bicyclic) bond motifs is 4. The van der Waals surface area contributed by atoms with Crippen molar-refractivity contribution in [3.8, 4) is 17.2 Å². The number of amides is 4. The third kappa shape index (κ3) is 6.05. The summed E-state index contributed by atoms with van der Waals surface area (Å²) in [5, 5.41) is 12.3. The lowest BCUT2D eigenvalue weighted by molar-refractivity contribution is -0.127. The van der Waals surface area contributed by atoms with Gasteiger partial charge in [0.25, 0.3) is 0 Å². The molecule has 11 heteroatoms. The molecular formula is C48H38Cl2N2O7. The second-order valence-corrected chi connectivity index (χ2v) is 16.2. The van der Waals surface area contributed by atoms with E-state index in [1.54, 1.807) is 62.8 Å². The number of carbonyl (C=O) groups excluding carboxylic acids is 4. The van der Waals surface area contributed by atoms with Crippen LogP contribution in [0.2, 0.25) is 10.0 Å². The van der Waals surface area contributed by atoms with Crippen LogP contribution in [0.3, 0.4) is 0 Å². The van der Waals surface area contributed by atoms with Gasteiger partial charge in [0.2, 0.25) is 23.6 Å². The standard InChI is InChI=1S/C48H38Cl2N2O7/c1-58-34-18-22-41(59-2)28(23-34)14-11-27-12-16-32(17-13-27)51-44(54)36-20-19-35-37(42(36)46(51)56)26-39-45(55)52(33-10-6-9-30(49)24-33)47(57)48(39,29-7-4-3-5-8-29)43(35)38-25-31(50)15-21-40(38)53/h3-19,21-25,36-37,39,42-43,53H,20,26H2,1-2H3/t36-,37+,39-,42-,43+,48+/m0/s1. The van der Waals surface area contributed by atoms with E-state index in [1.807, 2.05) is 78.9 Å². The van der Waals surface area contributed by atoms with E-state index < -0.39 is 46.8 Å². The zero-order chi connectivity index (χ0) is 41.2. The van der Waals surface area contributed by atoms with Crippen LogP contribution in [0, 0.1) is 23.7 Å². The molecule has 59 heavy (non-hydrogen) atoms. The van der Waals surface area contributed by atoms with Crippen molar-refractivity contribution < 1.29 is 33.8 Å². The van der Waals surface area contributed by atoms with Crippen molar-refractivity contribution in [2.45, 2.75) is 24.2 Å². The topological polar surface area (TPSA) is 113 Å². The summed E-state index contributed by atoms with van der Waals surface area (Å²) in [5.41, 5.74) is 2.54. The van der Waals surface area contributed by atoms with E-state index in [4.69, 9.17) is 32.7 Å². The second-order valence-electron chi connectivity index (χ2n) is 15.3. The largest absolute Gasteiger partial charge is 0.508 e. The van der Waals surface area contributed by atoms with Crippen LogP contribution in [0.4, 0.5) is 11.4 Å². The van der Waals surface area contributed by atoms with Crippen LogP contribution in [0.15, 0.2) is 127 Å². The molecule has 0 spiro atoms. The number of imide groups is 2. The fourth-order valence-electron chi connectivity index (χ4n) is 9.99. The smallest absolute Gasteiger partial charge is 0.246 e. The predicted octanol–water partition coefficient (Wildman–Crippen LogP) is 9.25. The van der Waals surface area contributed by atoms with Crippen LogP contribution in [0.25, 0.3) is 12.2 Å². The zero-order valence-corrected chi connectivity index (χ0v) is 33.6. The van der Waals surface area contributed by atoms with E-state index in [9.17, 15) is 19.5 Å². The molecule has 9 rings (SSSR count). The maximum absolute atomic E-state index is 15.4. The van der Waals surface area contributed by atoms with Crippen LogP contribution in [0.5, 0.6) is 17.2 Å². The number of hydrogen-bond donors (Lipinski definition) is 1. The van der Waals surface area contributed by atoms with Gasteiger partial charge in [-0.15, -0.1) is 0 Å². The van der Waals surface area contributed by atoms with Crippen molar-refractivity contribution in [1.82, 2.24) is 0 Å². The first-order valence-electron chi connectivity index (χ1n) is 19.3. The summed E-state index contributed by atoms with van der Waals surface area (Å²) in [5.74, 6) is -4.36. The average molecular weight is 826 g/mol. The molecule has 0 unspecified atom stereocenters. The molecular weight excluding hydrogens is 787 g/mol. The molecule has 2 heterocycles. The summed E-state index contributed by atoms with van der Waals surface area (Å²) in [4.78, 5) is 62.0. The van der Waals surface area contributed by atoms with E-state index in [0.29, 0.717) is 44.0 Å². The van der Waals surface area contributed by atoms with Crippen LogP contribution in [-0.2, 0) is 24.6 Å². The van der Waals surface area contributed by atoms with Crippen LogP contribution in [0.1, 0.15) is 41.0 Å². The molecule has 0 aromatic heterocycles. The molecule has 9 nitrogen and oxygen atoms in total. The SMILES string of the molecule is COc1ccc(OC)c(C=Cc2ccc(N3C(=O)[C@H]4[C@H](CC=C5[C@H]4C[C@H]4C(=O)N(c6cccc(Cl)c6)C(=O)[C@@]4(c4ccccc4)[C@H]5c4cc(Cl)ccc4O)C3=O)cc2)c1. The lowest BCUT2D eigenvalue weighted by Crippen LogP contribution is -2.53. The fraction of sp³-hybridized carbons (Fsp3) is 0.208. The van der Waals surface area contributed by atoms with Crippen molar-refractivity contribution in [3.05, 3.63) is 159 Å². The highest BCUT2D eigenvalue weighted by Crippen LogP contribution is 2.65. The van der Waals surface area contributed by atoms with Gasteiger partial charge in [-0.3, -0.25) is 24.1 Å². The number of methoxy groups -OCH3 is 2. The minimum atomic E-state index is -1.54. The van der Waals surface area contributed by atoms with Crippen LogP contribution < -0.4 is 19.3 Å². The lowest BCUT2D eigenvalue weighted by atomic mass is 9.49. The summed E-state index contributed by atoms with van der Waals surface area (Å²) < 4.78 is 10.9. The molecule has 3 fully saturated rings. The Balaban J connectivity index is 1.12. The summed E-state index contributed by atoms with van der Waals surface area (Å²) in [7, 11) is 3.20. The second kappa shape index (κ2) is 14.9. The monoisotopic (exact) mass is 824 g/mol. The number of benzene rings is 5. The number of carbonyl (C=O) groups is 4. The van der Waals surface area contributed by atoms with Gasteiger partial charge in [0, 0.05) is 27.1 Å². The molecule has 6 atom stereocenters. The van der Waals surface area contributed by atoms with Crippen molar-refractivity contribution in [2.24, 2.45) is 23.7 Å². The average Bonchev–Trinajstić information content (AvgIpc) is 3.64. The number of nitrogens with zero attached hydrogens (tertiary/aromatic N) is 2. The quantitative estimate of drug-likeness (QED) is 0.0943. The molecule has 4 aliphatic rings. The molecule has 1 N–H and O–H groups in total. The highest BCUT2D eigenvalue weighted by atomic mass is 35.5. The number of rotatable bonds is 8. The van der Waals surface area contributed by atoms with Gasteiger partial charge in [0.15, 0.2) is 0 Å². The first-order valence-corrected chi connectivity index (χ1v) is 20.1. The number of ether oxygens (including phenoxy) is 2. The van der Waals surface area contributed by atoms with Gasteiger partial charge >= 0.3 is 0 Å². The Morgan fingerprint density at radius 2 is 1.47 bits per heavy atom. The van der Waals surface area contributed by atoms with E-state index in [1.165, 1.54) is 15.9 Å². The highest BCUT2D eigenvalue weighted by molar-refractivity contribution is 6.32. The Labute approximate surface area is 351 Å². The van der Waals surface area contributed by atoms with Gasteiger partial charge in [-0.05, 0) is 96.6 Å². The van der Waals surface area contributed by atoms with Crippen LogP contribution in [-0.4, -0.2) is 43.0 Å². The normalized spacial score (nSPS) is 24.9.